The van der Waals surface area contributed by atoms with Gasteiger partial charge in [-0.2, -0.15) is 5.26 Å². The molecule has 174 valence electrons. The van der Waals surface area contributed by atoms with E-state index in [0.29, 0.717) is 22.1 Å². The van der Waals surface area contributed by atoms with Crippen molar-refractivity contribution in [1.29, 1.82) is 5.26 Å². The number of alkyl halides is 1. The van der Waals surface area contributed by atoms with E-state index in [2.05, 4.69) is 11.1 Å². The highest BCUT2D eigenvalue weighted by Crippen LogP contribution is 2.38. The number of nitrogens with zero attached hydrogens (tertiary/aromatic N) is 2. The molecule has 0 unspecified atom stereocenters. The molecule has 0 N–H and O–H groups in total. The number of benzene rings is 2. The molecule has 0 atom stereocenters. The Balaban J connectivity index is 1.81. The van der Waals surface area contributed by atoms with Gasteiger partial charge in [0.05, 0.1) is 16.5 Å². The van der Waals surface area contributed by atoms with E-state index in [4.69, 9.17) is 37.1 Å². The van der Waals surface area contributed by atoms with Crippen LogP contribution in [0.25, 0.3) is 0 Å². The van der Waals surface area contributed by atoms with Gasteiger partial charge >= 0.3 is 0 Å². The van der Waals surface area contributed by atoms with Gasteiger partial charge in [-0.05, 0) is 35.4 Å². The summed E-state index contributed by atoms with van der Waals surface area (Å²) in [6.45, 7) is 4.21. The van der Waals surface area contributed by atoms with E-state index >= 15 is 0 Å². The predicted octanol–water partition coefficient (Wildman–Crippen LogP) is 5.13. The smallest absolute Gasteiger partial charge is 0.200 e. The van der Waals surface area contributed by atoms with Crippen LogP contribution in [0.1, 0.15) is 36.3 Å². The Labute approximate surface area is 202 Å². The first-order chi connectivity index (χ1) is 15.6. The molecule has 0 aliphatic rings. The first kappa shape index (κ1) is 24.9. The Morgan fingerprint density at radius 1 is 1.15 bits per heavy atom. The van der Waals surface area contributed by atoms with Gasteiger partial charge in [0, 0.05) is 11.7 Å². The van der Waals surface area contributed by atoms with Crippen molar-refractivity contribution < 1.29 is 22.3 Å². The summed E-state index contributed by atoms with van der Waals surface area (Å²) in [7, 11) is -3.50. The third kappa shape index (κ3) is 5.61. The molecular weight excluding hydrogens is 487 g/mol. The molecule has 1 heterocycles. The number of oxazole rings is 1. The SMILES string of the molecule is CC(C)(c1ccc(OCc2ocnc2S(C)(=O)=O)cc1)c1cc(Cl)c(OCCCl)c(C#N)c1. The number of ether oxygens (including phenoxy) is 2. The topological polar surface area (TPSA) is 102 Å². The van der Waals surface area contributed by atoms with Crippen molar-refractivity contribution in [2.24, 2.45) is 0 Å². The molecule has 0 spiro atoms. The van der Waals surface area contributed by atoms with Crippen molar-refractivity contribution in [2.45, 2.75) is 30.9 Å². The molecule has 1 aromatic heterocycles. The van der Waals surface area contributed by atoms with Gasteiger partial charge in [0.25, 0.3) is 0 Å². The number of aromatic nitrogens is 1. The molecule has 0 aliphatic heterocycles. The number of halogens is 2. The van der Waals surface area contributed by atoms with Crippen LogP contribution in [-0.2, 0) is 21.9 Å². The lowest BCUT2D eigenvalue weighted by Gasteiger charge is -2.27. The minimum atomic E-state index is -3.50. The molecule has 3 aromatic rings. The van der Waals surface area contributed by atoms with Crippen LogP contribution < -0.4 is 9.47 Å². The van der Waals surface area contributed by atoms with Gasteiger partial charge in [0.2, 0.25) is 0 Å². The number of hydrogen-bond acceptors (Lipinski definition) is 7. The normalized spacial score (nSPS) is 11.8. The molecule has 7 nitrogen and oxygen atoms in total. The first-order valence-corrected chi connectivity index (χ1v) is 12.7. The van der Waals surface area contributed by atoms with Gasteiger partial charge in [-0.25, -0.2) is 13.4 Å². The van der Waals surface area contributed by atoms with Crippen LogP contribution in [0.2, 0.25) is 5.02 Å². The largest absolute Gasteiger partial charge is 0.489 e. The summed E-state index contributed by atoms with van der Waals surface area (Å²) >= 11 is 12.1. The summed E-state index contributed by atoms with van der Waals surface area (Å²) in [6.07, 6.45) is 2.14. The summed E-state index contributed by atoms with van der Waals surface area (Å²) in [6, 6.07) is 13.0. The maximum Gasteiger partial charge on any atom is 0.200 e. The van der Waals surface area contributed by atoms with Gasteiger partial charge in [-0.1, -0.05) is 37.6 Å². The van der Waals surface area contributed by atoms with Crippen molar-refractivity contribution >= 4 is 33.0 Å². The van der Waals surface area contributed by atoms with E-state index in [1.54, 1.807) is 24.3 Å². The Kier molecular flexibility index (Phi) is 7.58. The van der Waals surface area contributed by atoms with Crippen LogP contribution in [0, 0.1) is 11.3 Å². The summed E-state index contributed by atoms with van der Waals surface area (Å²) in [5, 5.41) is 9.77. The molecule has 3 rings (SSSR count). The van der Waals surface area contributed by atoms with E-state index in [0.717, 1.165) is 23.8 Å². The standard InChI is InChI=1S/C23H22Cl2N2O5S/c1-23(2,17-10-15(12-26)21(19(25)11-17)30-9-8-24)16-4-6-18(7-5-16)31-13-20-22(27-14-32-20)33(3,28)29/h4-7,10-11,14H,8-9,13H2,1-3H3. The first-order valence-electron chi connectivity index (χ1n) is 9.86. The Morgan fingerprint density at radius 2 is 1.85 bits per heavy atom. The van der Waals surface area contributed by atoms with E-state index in [1.165, 1.54) is 0 Å². The number of hydrogen-bond donors (Lipinski definition) is 0. The van der Waals surface area contributed by atoms with E-state index < -0.39 is 15.3 Å². The number of sulfone groups is 1. The fraction of sp³-hybridized carbons (Fsp3) is 0.304. The lowest BCUT2D eigenvalue weighted by atomic mass is 9.77. The van der Waals surface area contributed by atoms with Gasteiger partial charge in [-0.3, -0.25) is 0 Å². The Hall–Kier alpha value is -2.73. The fourth-order valence-electron chi connectivity index (χ4n) is 3.27. The van der Waals surface area contributed by atoms with Crippen LogP contribution in [0.3, 0.4) is 0 Å². The fourth-order valence-corrected chi connectivity index (χ4v) is 4.37. The van der Waals surface area contributed by atoms with Crippen LogP contribution >= 0.6 is 23.2 Å². The quantitative estimate of drug-likeness (QED) is 0.369. The highest BCUT2D eigenvalue weighted by molar-refractivity contribution is 7.90. The molecule has 0 bridgehead atoms. The average molecular weight is 509 g/mol. The second-order valence-corrected chi connectivity index (χ2v) is 10.5. The maximum atomic E-state index is 11.7. The third-order valence-electron chi connectivity index (χ3n) is 5.11. The minimum Gasteiger partial charge on any atom is -0.489 e. The molecular formula is C23H22Cl2N2O5S. The highest BCUT2D eigenvalue weighted by atomic mass is 35.5. The van der Waals surface area contributed by atoms with Crippen LogP contribution in [0.4, 0.5) is 0 Å². The zero-order valence-corrected chi connectivity index (χ0v) is 20.6. The van der Waals surface area contributed by atoms with Crippen molar-refractivity contribution in [3.05, 3.63) is 70.3 Å². The summed E-state index contributed by atoms with van der Waals surface area (Å²) < 4.78 is 39.8. The molecule has 0 aliphatic carbocycles. The molecule has 33 heavy (non-hydrogen) atoms. The van der Waals surface area contributed by atoms with Crippen LogP contribution in [-0.4, -0.2) is 32.1 Å². The van der Waals surface area contributed by atoms with Crippen molar-refractivity contribution in [1.82, 2.24) is 4.98 Å². The van der Waals surface area contributed by atoms with E-state index in [9.17, 15) is 13.7 Å². The molecule has 10 heteroatoms. The molecule has 0 fully saturated rings. The van der Waals surface area contributed by atoms with Crippen LogP contribution in [0.5, 0.6) is 11.5 Å². The minimum absolute atomic E-state index is 0.0734. The van der Waals surface area contributed by atoms with E-state index in [-0.39, 0.29) is 29.9 Å². The van der Waals surface area contributed by atoms with Gasteiger partial charge < -0.3 is 13.9 Å². The van der Waals surface area contributed by atoms with Crippen molar-refractivity contribution in [3.63, 3.8) is 0 Å². The highest BCUT2D eigenvalue weighted by Gasteiger charge is 2.26. The van der Waals surface area contributed by atoms with Gasteiger partial charge in [0.1, 0.15) is 25.0 Å². The average Bonchev–Trinajstić information content (AvgIpc) is 3.26. The molecule has 0 radical (unpaired) electrons. The Bertz CT molecular complexity index is 1280. The lowest BCUT2D eigenvalue weighted by molar-refractivity contribution is 0.265. The maximum absolute atomic E-state index is 11.7. The second kappa shape index (κ2) is 10.0. The van der Waals surface area contributed by atoms with Crippen LogP contribution in [0.15, 0.2) is 52.2 Å². The lowest BCUT2D eigenvalue weighted by Crippen LogP contribution is -2.19. The van der Waals surface area contributed by atoms with E-state index in [1.807, 2.05) is 26.0 Å². The van der Waals surface area contributed by atoms with Crippen molar-refractivity contribution in [2.75, 3.05) is 18.7 Å². The zero-order valence-electron chi connectivity index (χ0n) is 18.3. The van der Waals surface area contributed by atoms with Gasteiger partial charge in [-0.15, -0.1) is 11.6 Å². The molecule has 2 aromatic carbocycles. The monoisotopic (exact) mass is 508 g/mol. The second-order valence-electron chi connectivity index (χ2n) is 7.77. The molecule has 0 saturated heterocycles. The predicted molar refractivity (Wildman–Crippen MR) is 125 cm³/mol. The Morgan fingerprint density at radius 3 is 2.45 bits per heavy atom. The summed E-state index contributed by atoms with van der Waals surface area (Å²) in [5.41, 5.74) is 1.66. The summed E-state index contributed by atoms with van der Waals surface area (Å²) in [4.78, 5) is 3.74. The number of nitriles is 1. The zero-order chi connectivity index (χ0) is 24.2. The van der Waals surface area contributed by atoms with Crippen molar-refractivity contribution in [3.8, 4) is 17.6 Å². The van der Waals surface area contributed by atoms with Gasteiger partial charge in [0.15, 0.2) is 32.8 Å². The summed E-state index contributed by atoms with van der Waals surface area (Å²) in [5.74, 6) is 1.28. The number of rotatable bonds is 9. The third-order valence-corrected chi connectivity index (χ3v) is 6.58. The molecule has 0 saturated carbocycles. The molecule has 0 amide bonds.